The summed E-state index contributed by atoms with van der Waals surface area (Å²) in [5, 5.41) is 11.5. The first kappa shape index (κ1) is 21.6. The molecule has 0 radical (unpaired) electrons. The summed E-state index contributed by atoms with van der Waals surface area (Å²) in [5.74, 6) is -0.00336. The number of guanidine groups is 1. The van der Waals surface area contributed by atoms with Gasteiger partial charge in [-0.2, -0.15) is 15.7 Å². The number of carbonyl (C=O) groups is 1. The Morgan fingerprint density at radius 3 is 2.78 bits per heavy atom. The van der Waals surface area contributed by atoms with Crippen LogP contribution in [0.1, 0.15) is 24.5 Å². The lowest BCUT2D eigenvalue weighted by Crippen LogP contribution is -2.46. The van der Waals surface area contributed by atoms with Gasteiger partial charge >= 0.3 is 0 Å². The predicted molar refractivity (Wildman–Crippen MR) is 123 cm³/mol. The molecule has 0 fully saturated rings. The molecule has 0 spiro atoms. The minimum absolute atomic E-state index is 0.460. The van der Waals surface area contributed by atoms with Crippen LogP contribution in [-0.4, -0.2) is 45.8 Å². The molecule has 5 rings (SSSR count). The third kappa shape index (κ3) is 3.87. The Balaban J connectivity index is 0.000000567. The molecule has 1 unspecified atom stereocenters. The Morgan fingerprint density at radius 2 is 2.06 bits per heavy atom. The standard InChI is InChI=1S/C21H18FN5S.C2H4O2/c22-18-17(6-2-8-24-18)14-4-1-5-15(12-14)21(16-7-11-28-13-16)19-25-9-3-10-27(19)20(23)26-21;1-2(3)4/h1-2,4-8,11-13H,3,9-10H2,(H2,23,26);1H3,(H,3,4). The molecule has 3 aromatic rings. The first-order chi connectivity index (χ1) is 15.4. The molecule has 1 aromatic carbocycles. The van der Waals surface area contributed by atoms with Crippen LogP contribution >= 0.6 is 11.3 Å². The second kappa shape index (κ2) is 8.88. The summed E-state index contributed by atoms with van der Waals surface area (Å²) in [6, 6.07) is 13.3. The number of halogens is 1. The summed E-state index contributed by atoms with van der Waals surface area (Å²) in [4.78, 5) is 24.5. The van der Waals surface area contributed by atoms with E-state index in [0.717, 1.165) is 49.0 Å². The van der Waals surface area contributed by atoms with Crippen molar-refractivity contribution in [3.05, 3.63) is 76.5 Å². The number of benzene rings is 1. The molecule has 164 valence electrons. The molecule has 0 bridgehead atoms. The number of thiophene rings is 1. The lowest BCUT2D eigenvalue weighted by molar-refractivity contribution is -0.134. The van der Waals surface area contributed by atoms with Crippen LogP contribution in [0.25, 0.3) is 11.1 Å². The van der Waals surface area contributed by atoms with Gasteiger partial charge in [-0.3, -0.25) is 14.7 Å². The molecule has 1 atom stereocenters. The fourth-order valence-corrected chi connectivity index (χ4v) is 4.66. The van der Waals surface area contributed by atoms with Gasteiger partial charge in [0.25, 0.3) is 5.97 Å². The van der Waals surface area contributed by atoms with Gasteiger partial charge in [0, 0.05) is 37.3 Å². The highest BCUT2D eigenvalue weighted by Crippen LogP contribution is 2.43. The number of carboxylic acid groups (broad SMARTS) is 1. The zero-order chi connectivity index (χ0) is 22.7. The van der Waals surface area contributed by atoms with Gasteiger partial charge in [0.1, 0.15) is 5.84 Å². The topological polar surface area (TPSA) is 104 Å². The normalized spacial score (nSPS) is 19.4. The summed E-state index contributed by atoms with van der Waals surface area (Å²) in [6.07, 6.45) is 2.40. The van der Waals surface area contributed by atoms with Crippen molar-refractivity contribution < 1.29 is 14.3 Å². The largest absolute Gasteiger partial charge is 0.481 e. The van der Waals surface area contributed by atoms with Crippen molar-refractivity contribution in [1.82, 2.24) is 9.88 Å². The van der Waals surface area contributed by atoms with E-state index in [9.17, 15) is 4.39 Å². The number of aliphatic imine (C=N–C) groups is 2. The number of hydrogen-bond acceptors (Lipinski definition) is 7. The van der Waals surface area contributed by atoms with Crippen molar-refractivity contribution in [3.63, 3.8) is 0 Å². The number of pyridine rings is 1. The van der Waals surface area contributed by atoms with E-state index in [1.165, 1.54) is 6.20 Å². The van der Waals surface area contributed by atoms with E-state index in [4.69, 9.17) is 25.6 Å². The molecule has 2 aliphatic heterocycles. The molecule has 0 saturated carbocycles. The van der Waals surface area contributed by atoms with E-state index in [0.29, 0.717) is 11.5 Å². The van der Waals surface area contributed by atoms with Crippen molar-refractivity contribution in [2.45, 2.75) is 18.9 Å². The van der Waals surface area contributed by atoms with Crippen LogP contribution in [0.15, 0.2) is 69.4 Å². The smallest absolute Gasteiger partial charge is 0.300 e. The first-order valence-corrected chi connectivity index (χ1v) is 11.0. The minimum atomic E-state index is -0.833. The summed E-state index contributed by atoms with van der Waals surface area (Å²) >= 11 is 1.61. The van der Waals surface area contributed by atoms with Crippen LogP contribution in [-0.2, 0) is 10.3 Å². The lowest BCUT2D eigenvalue weighted by atomic mass is 9.82. The van der Waals surface area contributed by atoms with Gasteiger partial charge in [-0.25, -0.2) is 9.98 Å². The highest BCUT2D eigenvalue weighted by atomic mass is 32.1. The monoisotopic (exact) mass is 451 g/mol. The predicted octanol–water partition coefficient (Wildman–Crippen LogP) is 3.72. The van der Waals surface area contributed by atoms with Crippen molar-refractivity contribution >= 4 is 29.1 Å². The number of aromatic nitrogens is 1. The van der Waals surface area contributed by atoms with E-state index >= 15 is 0 Å². The van der Waals surface area contributed by atoms with E-state index in [1.54, 1.807) is 23.5 Å². The number of carboxylic acids is 1. The van der Waals surface area contributed by atoms with Crippen LogP contribution in [0.2, 0.25) is 0 Å². The number of amidine groups is 1. The molecule has 32 heavy (non-hydrogen) atoms. The van der Waals surface area contributed by atoms with Crippen molar-refractivity contribution in [3.8, 4) is 11.1 Å². The molecule has 9 heteroatoms. The molecule has 7 nitrogen and oxygen atoms in total. The number of fused-ring (bicyclic) bond motifs is 1. The maximum absolute atomic E-state index is 14.3. The molecule has 3 N–H and O–H groups in total. The van der Waals surface area contributed by atoms with E-state index in [-0.39, 0.29) is 0 Å². The van der Waals surface area contributed by atoms with Gasteiger partial charge in [0.15, 0.2) is 11.5 Å². The van der Waals surface area contributed by atoms with Gasteiger partial charge in [-0.15, -0.1) is 0 Å². The van der Waals surface area contributed by atoms with E-state index < -0.39 is 17.5 Å². The van der Waals surface area contributed by atoms with Crippen LogP contribution < -0.4 is 5.73 Å². The number of aliphatic carboxylic acids is 1. The summed E-state index contributed by atoms with van der Waals surface area (Å²) in [6.45, 7) is 2.63. The fourth-order valence-electron chi connectivity index (χ4n) is 3.96. The summed E-state index contributed by atoms with van der Waals surface area (Å²) in [7, 11) is 0. The maximum atomic E-state index is 14.3. The van der Waals surface area contributed by atoms with Gasteiger partial charge in [-0.05, 0) is 52.6 Å². The molecule has 4 heterocycles. The summed E-state index contributed by atoms with van der Waals surface area (Å²) < 4.78 is 14.3. The average molecular weight is 452 g/mol. The number of nitrogens with two attached hydrogens (primary N) is 1. The molecular weight excluding hydrogens is 429 g/mol. The van der Waals surface area contributed by atoms with Gasteiger partial charge in [0.05, 0.1) is 0 Å². The van der Waals surface area contributed by atoms with Crippen LogP contribution in [0.3, 0.4) is 0 Å². The van der Waals surface area contributed by atoms with Crippen LogP contribution in [0, 0.1) is 5.95 Å². The third-order valence-electron chi connectivity index (χ3n) is 5.23. The molecule has 0 aliphatic carbocycles. The van der Waals surface area contributed by atoms with Gasteiger partial charge in [0.2, 0.25) is 5.95 Å². The highest BCUT2D eigenvalue weighted by molar-refractivity contribution is 7.08. The van der Waals surface area contributed by atoms with Gasteiger partial charge < -0.3 is 10.8 Å². The average Bonchev–Trinajstić information content (AvgIpc) is 3.42. The SMILES string of the molecule is CC(=O)O.NC1=NC(c2ccsc2)(c2cccc(-c3cccnc3F)c2)C2=NCCCN12. The third-order valence-corrected chi connectivity index (χ3v) is 5.91. The fraction of sp³-hybridized carbons (Fsp3) is 0.217. The Morgan fingerprint density at radius 1 is 1.25 bits per heavy atom. The molecule has 2 aliphatic rings. The quantitative estimate of drug-likeness (QED) is 0.591. The van der Waals surface area contributed by atoms with Crippen molar-refractivity contribution in [1.29, 1.82) is 0 Å². The molecule has 2 aromatic heterocycles. The van der Waals surface area contributed by atoms with Gasteiger partial charge in [-0.1, -0.05) is 18.2 Å². The second-order valence-corrected chi connectivity index (χ2v) is 8.12. The molecular formula is C23H22FN5O2S. The lowest BCUT2D eigenvalue weighted by Gasteiger charge is -2.32. The van der Waals surface area contributed by atoms with Crippen LogP contribution in [0.4, 0.5) is 4.39 Å². The molecule has 0 saturated heterocycles. The number of hydrogen-bond donors (Lipinski definition) is 2. The number of rotatable bonds is 3. The second-order valence-electron chi connectivity index (χ2n) is 7.34. The first-order valence-electron chi connectivity index (χ1n) is 10.0. The van der Waals surface area contributed by atoms with Crippen molar-refractivity contribution in [2.24, 2.45) is 15.7 Å². The van der Waals surface area contributed by atoms with Crippen LogP contribution in [0.5, 0.6) is 0 Å². The Hall–Kier alpha value is -3.59. The van der Waals surface area contributed by atoms with Crippen molar-refractivity contribution in [2.75, 3.05) is 13.1 Å². The number of nitrogens with zero attached hydrogens (tertiary/aromatic N) is 4. The molecule has 0 amide bonds. The zero-order valence-electron chi connectivity index (χ0n) is 17.4. The Kier molecular flexibility index (Phi) is 6.00. The highest BCUT2D eigenvalue weighted by Gasteiger charge is 2.49. The Labute approximate surface area is 188 Å². The van der Waals surface area contributed by atoms with E-state index in [2.05, 4.69) is 16.4 Å². The van der Waals surface area contributed by atoms with E-state index in [1.807, 2.05) is 34.5 Å². The zero-order valence-corrected chi connectivity index (χ0v) is 18.2. The minimum Gasteiger partial charge on any atom is -0.481 e. The maximum Gasteiger partial charge on any atom is 0.300 e. The summed E-state index contributed by atoms with van der Waals surface area (Å²) in [5.41, 5.74) is 8.65. The Bertz CT molecular complexity index is 1190.